The summed E-state index contributed by atoms with van der Waals surface area (Å²) in [5, 5.41) is 12.0. The average Bonchev–Trinajstić information content (AvgIpc) is 3.34. The number of tetrazole rings is 1. The first-order valence-corrected chi connectivity index (χ1v) is 9.53. The van der Waals surface area contributed by atoms with Crippen molar-refractivity contribution in [3.05, 3.63) is 69.1 Å². The van der Waals surface area contributed by atoms with Gasteiger partial charge in [-0.1, -0.05) is 29.4 Å². The van der Waals surface area contributed by atoms with Crippen molar-refractivity contribution in [3.8, 4) is 11.4 Å². The lowest BCUT2D eigenvalue weighted by Crippen LogP contribution is -2.23. The monoisotopic (exact) mass is 393 g/mol. The fraction of sp³-hybridized carbons (Fsp3) is 0.333. The smallest absolute Gasteiger partial charge is 0.368 e. The number of oxime groups is 1. The molecule has 29 heavy (non-hydrogen) atoms. The molecular formula is C21H23N5O3. The lowest BCUT2D eigenvalue weighted by Gasteiger charge is -2.12. The Morgan fingerprint density at radius 1 is 1.17 bits per heavy atom. The van der Waals surface area contributed by atoms with Gasteiger partial charge in [-0.3, -0.25) is 0 Å². The average molecular weight is 393 g/mol. The minimum Gasteiger partial charge on any atom is -0.496 e. The largest absolute Gasteiger partial charge is 0.496 e. The summed E-state index contributed by atoms with van der Waals surface area (Å²) in [7, 11) is 3.12. The fourth-order valence-electron chi connectivity index (χ4n) is 3.76. The number of hydrogen-bond donors (Lipinski definition) is 0. The van der Waals surface area contributed by atoms with E-state index in [1.807, 2.05) is 13.0 Å². The Morgan fingerprint density at radius 2 is 2.00 bits per heavy atom. The minimum absolute atomic E-state index is 0.134. The quantitative estimate of drug-likeness (QED) is 0.474. The molecule has 0 saturated carbocycles. The van der Waals surface area contributed by atoms with Gasteiger partial charge in [0.1, 0.15) is 12.4 Å². The summed E-state index contributed by atoms with van der Waals surface area (Å²) in [5.41, 5.74) is 5.59. The molecule has 1 aromatic heterocycles. The van der Waals surface area contributed by atoms with Crippen molar-refractivity contribution in [2.24, 2.45) is 12.2 Å². The number of ether oxygens (including phenoxy) is 1. The molecule has 0 saturated heterocycles. The van der Waals surface area contributed by atoms with Gasteiger partial charge in [0.15, 0.2) is 0 Å². The number of benzene rings is 2. The van der Waals surface area contributed by atoms with E-state index >= 15 is 0 Å². The topological polar surface area (TPSA) is 83.5 Å². The summed E-state index contributed by atoms with van der Waals surface area (Å²) < 4.78 is 7.85. The van der Waals surface area contributed by atoms with Gasteiger partial charge < -0.3 is 9.57 Å². The Hall–Kier alpha value is -3.42. The highest BCUT2D eigenvalue weighted by molar-refractivity contribution is 6.00. The van der Waals surface area contributed by atoms with Crippen molar-refractivity contribution < 1.29 is 9.57 Å². The molecule has 0 N–H and O–H groups in total. The highest BCUT2D eigenvalue weighted by Gasteiger charge is 2.17. The van der Waals surface area contributed by atoms with Crippen LogP contribution in [-0.4, -0.2) is 32.6 Å². The van der Waals surface area contributed by atoms with Crippen molar-refractivity contribution in [1.82, 2.24) is 19.8 Å². The van der Waals surface area contributed by atoms with E-state index in [0.717, 1.165) is 24.1 Å². The Kier molecular flexibility index (Phi) is 5.16. The van der Waals surface area contributed by atoms with Gasteiger partial charge >= 0.3 is 5.69 Å². The van der Waals surface area contributed by atoms with Gasteiger partial charge in [-0.2, -0.15) is 9.36 Å². The SMILES string of the molecule is COc1cccc(-n2nnn(C)c2=O)c1CO/N=C(/C)c1cccc2c1CCC2. The number of methoxy groups -OCH3 is 1. The Labute approximate surface area is 168 Å². The first-order chi connectivity index (χ1) is 14.1. The molecule has 0 spiro atoms. The third kappa shape index (κ3) is 3.53. The molecule has 8 heteroatoms. The lowest BCUT2D eigenvalue weighted by atomic mass is 10.0. The van der Waals surface area contributed by atoms with E-state index in [0.29, 0.717) is 17.0 Å². The Bertz CT molecular complexity index is 1130. The normalized spacial score (nSPS) is 13.4. The second kappa shape index (κ2) is 7.90. The van der Waals surface area contributed by atoms with Crippen LogP contribution >= 0.6 is 0 Å². The molecule has 0 radical (unpaired) electrons. The van der Waals surface area contributed by atoms with Crippen LogP contribution in [0.4, 0.5) is 0 Å². The van der Waals surface area contributed by atoms with Gasteiger partial charge in [0.25, 0.3) is 0 Å². The van der Waals surface area contributed by atoms with E-state index in [1.54, 1.807) is 26.3 Å². The van der Waals surface area contributed by atoms with E-state index < -0.39 is 0 Å². The predicted octanol–water partition coefficient (Wildman–Crippen LogP) is 2.40. The molecule has 0 aliphatic heterocycles. The van der Waals surface area contributed by atoms with Crippen molar-refractivity contribution in [3.63, 3.8) is 0 Å². The number of nitrogens with zero attached hydrogens (tertiary/aromatic N) is 5. The van der Waals surface area contributed by atoms with Crippen LogP contribution in [0, 0.1) is 0 Å². The summed E-state index contributed by atoms with van der Waals surface area (Å²) in [6.07, 6.45) is 3.37. The summed E-state index contributed by atoms with van der Waals surface area (Å²) in [6.45, 7) is 2.08. The molecule has 0 unspecified atom stereocenters. The fourth-order valence-corrected chi connectivity index (χ4v) is 3.76. The zero-order chi connectivity index (χ0) is 20.4. The van der Waals surface area contributed by atoms with E-state index in [1.165, 1.54) is 26.9 Å². The molecular weight excluding hydrogens is 370 g/mol. The molecule has 0 fully saturated rings. The van der Waals surface area contributed by atoms with E-state index in [2.05, 4.69) is 33.8 Å². The molecule has 8 nitrogen and oxygen atoms in total. The molecule has 0 atom stereocenters. The highest BCUT2D eigenvalue weighted by Crippen LogP contribution is 2.27. The number of rotatable bonds is 6. The van der Waals surface area contributed by atoms with Gasteiger partial charge in [0.2, 0.25) is 0 Å². The Morgan fingerprint density at radius 3 is 2.76 bits per heavy atom. The van der Waals surface area contributed by atoms with Crippen LogP contribution in [0.25, 0.3) is 5.69 Å². The molecule has 1 aliphatic carbocycles. The van der Waals surface area contributed by atoms with Crippen LogP contribution in [0.1, 0.15) is 35.6 Å². The third-order valence-electron chi connectivity index (χ3n) is 5.22. The Balaban J connectivity index is 1.62. The van der Waals surface area contributed by atoms with Crippen LogP contribution in [0.2, 0.25) is 0 Å². The second-order valence-corrected chi connectivity index (χ2v) is 7.00. The molecule has 4 rings (SSSR count). The van der Waals surface area contributed by atoms with Crippen LogP contribution in [0.3, 0.4) is 0 Å². The summed E-state index contributed by atoms with van der Waals surface area (Å²) in [4.78, 5) is 18.0. The van der Waals surface area contributed by atoms with Gasteiger partial charge in [-0.15, -0.1) is 0 Å². The maximum atomic E-state index is 12.3. The minimum atomic E-state index is -0.348. The zero-order valence-corrected chi connectivity index (χ0v) is 16.8. The molecule has 1 heterocycles. The number of fused-ring (bicyclic) bond motifs is 1. The summed E-state index contributed by atoms with van der Waals surface area (Å²) >= 11 is 0. The van der Waals surface area contributed by atoms with E-state index in [4.69, 9.17) is 9.57 Å². The number of aryl methyl sites for hydroxylation is 2. The summed E-state index contributed by atoms with van der Waals surface area (Å²) in [6, 6.07) is 11.7. The van der Waals surface area contributed by atoms with Crippen LogP contribution in [-0.2, 0) is 31.3 Å². The molecule has 0 bridgehead atoms. The summed E-state index contributed by atoms with van der Waals surface area (Å²) in [5.74, 6) is 0.591. The first-order valence-electron chi connectivity index (χ1n) is 9.53. The van der Waals surface area contributed by atoms with Gasteiger partial charge in [-0.05, 0) is 59.9 Å². The number of aromatic nitrogens is 4. The van der Waals surface area contributed by atoms with Crippen molar-refractivity contribution in [2.75, 3.05) is 7.11 Å². The number of hydrogen-bond acceptors (Lipinski definition) is 6. The maximum Gasteiger partial charge on any atom is 0.368 e. The second-order valence-electron chi connectivity index (χ2n) is 7.00. The first kappa shape index (κ1) is 18.9. The van der Waals surface area contributed by atoms with E-state index in [9.17, 15) is 4.79 Å². The van der Waals surface area contributed by atoms with Crippen molar-refractivity contribution in [1.29, 1.82) is 0 Å². The van der Waals surface area contributed by atoms with Crippen LogP contribution < -0.4 is 10.4 Å². The lowest BCUT2D eigenvalue weighted by molar-refractivity contribution is 0.128. The highest BCUT2D eigenvalue weighted by atomic mass is 16.6. The molecule has 2 aromatic carbocycles. The van der Waals surface area contributed by atoms with Gasteiger partial charge in [0, 0.05) is 12.6 Å². The van der Waals surface area contributed by atoms with Gasteiger partial charge in [-0.25, -0.2) is 4.79 Å². The predicted molar refractivity (Wildman–Crippen MR) is 109 cm³/mol. The zero-order valence-electron chi connectivity index (χ0n) is 16.8. The maximum absolute atomic E-state index is 12.3. The molecule has 3 aromatic rings. The molecule has 150 valence electrons. The standard InChI is InChI=1S/C21H23N5O3/c1-14(16-9-4-7-15-8-5-10-17(15)16)22-29-13-18-19(11-6-12-20(18)28-3)26-21(27)25(2)23-24-26/h4,6-7,9,11-12H,5,8,10,13H2,1-3H3/b22-14-. The molecule has 1 aliphatic rings. The van der Waals surface area contributed by atoms with E-state index in [-0.39, 0.29) is 12.3 Å². The molecule has 0 amide bonds. The van der Waals surface area contributed by atoms with Crippen LogP contribution in [0.15, 0.2) is 46.3 Å². The third-order valence-corrected chi connectivity index (χ3v) is 5.22. The van der Waals surface area contributed by atoms with Crippen molar-refractivity contribution in [2.45, 2.75) is 32.8 Å². The van der Waals surface area contributed by atoms with Crippen LogP contribution in [0.5, 0.6) is 5.75 Å². The van der Waals surface area contributed by atoms with Crippen molar-refractivity contribution >= 4 is 5.71 Å². The van der Waals surface area contributed by atoms with Gasteiger partial charge in [0.05, 0.1) is 24.1 Å².